The topological polar surface area (TPSA) is 90.5 Å². The van der Waals surface area contributed by atoms with Crippen molar-refractivity contribution in [2.45, 2.75) is 31.1 Å². The van der Waals surface area contributed by atoms with Crippen molar-refractivity contribution >= 4 is 22.1 Å². The average Bonchev–Trinajstić information content (AvgIpc) is 3.61. The molecule has 2 aliphatic heterocycles. The van der Waals surface area contributed by atoms with Crippen LogP contribution in [0, 0.1) is 0 Å². The van der Waals surface area contributed by atoms with Gasteiger partial charge in [0, 0.05) is 58.4 Å². The van der Waals surface area contributed by atoms with Crippen LogP contribution in [0.5, 0.6) is 0 Å². The van der Waals surface area contributed by atoms with Crippen molar-refractivity contribution in [1.29, 1.82) is 0 Å². The molecule has 2 aromatic carbocycles. The summed E-state index contributed by atoms with van der Waals surface area (Å²) in [6.07, 6.45) is -1.96. The van der Waals surface area contributed by atoms with Gasteiger partial charge in [-0.15, -0.1) is 0 Å². The molecule has 0 aliphatic carbocycles. The van der Waals surface area contributed by atoms with Crippen molar-refractivity contribution in [3.8, 4) is 11.1 Å². The van der Waals surface area contributed by atoms with E-state index in [9.17, 15) is 31.2 Å². The Labute approximate surface area is 238 Å². The second kappa shape index (κ2) is 12.4. The molecule has 2 saturated heterocycles. The van der Waals surface area contributed by atoms with Gasteiger partial charge in [-0.1, -0.05) is 24.3 Å². The second-order valence-electron chi connectivity index (χ2n) is 10.6. The van der Waals surface area contributed by atoms with Crippen molar-refractivity contribution in [2.75, 3.05) is 59.7 Å². The minimum atomic E-state index is -4.40. The third-order valence-electron chi connectivity index (χ3n) is 7.78. The Morgan fingerprint density at radius 2 is 1.46 bits per heavy atom. The molecule has 2 unspecified atom stereocenters. The van der Waals surface area contributed by atoms with Crippen LogP contribution in [0.4, 0.5) is 18.0 Å². The Bertz CT molecular complexity index is 1340. The third-order valence-corrected chi connectivity index (χ3v) is 8.38. The van der Waals surface area contributed by atoms with E-state index in [1.54, 1.807) is 53.1 Å². The molecule has 41 heavy (non-hydrogen) atoms. The fraction of sp³-hybridized carbons (Fsp3) is 0.500. The summed E-state index contributed by atoms with van der Waals surface area (Å²) in [7, 11) is -0.00482. The van der Waals surface area contributed by atoms with Crippen LogP contribution >= 0.6 is 0 Å². The van der Waals surface area contributed by atoms with E-state index in [0.717, 1.165) is 31.4 Å². The molecule has 2 aromatic rings. The molecule has 3 amide bonds. The smallest absolute Gasteiger partial charge is 0.337 e. The first-order chi connectivity index (χ1) is 19.2. The lowest BCUT2D eigenvalue weighted by atomic mass is 10.0. The number of likely N-dealkylation sites (tertiary alicyclic amines) is 2. The molecule has 224 valence electrons. The van der Waals surface area contributed by atoms with Gasteiger partial charge in [0.2, 0.25) is 0 Å². The number of likely N-dealkylation sites (N-methyl/N-ethyl adjacent to an activating group) is 2. The predicted molar refractivity (Wildman–Crippen MR) is 148 cm³/mol. The highest BCUT2D eigenvalue weighted by Gasteiger charge is 2.36. The highest BCUT2D eigenvalue weighted by molar-refractivity contribution is 7.85. The zero-order chi connectivity index (χ0) is 29.9. The zero-order valence-electron chi connectivity index (χ0n) is 23.3. The van der Waals surface area contributed by atoms with Gasteiger partial charge in [0.25, 0.3) is 16.0 Å². The zero-order valence-corrected chi connectivity index (χ0v) is 24.1. The number of urea groups is 1. The second-order valence-corrected chi connectivity index (χ2v) is 12.3. The van der Waals surface area contributed by atoms with Gasteiger partial charge in [-0.05, 0) is 48.2 Å². The standard InChI is InChI=1S/C28H35F3N4O5S/c1-32(26(36)22-6-4-20(5-7-22)21-8-10-23(11-9-21)28(29,30)31)25-13-15-35(19-25)27(37)33(2)24-12-14-34(18-24)16-17-40-41(3,38)39/h4-11,24-25H,12-19H2,1-3H3. The van der Waals surface area contributed by atoms with Crippen molar-refractivity contribution in [3.63, 3.8) is 0 Å². The van der Waals surface area contributed by atoms with Gasteiger partial charge in [0.15, 0.2) is 0 Å². The molecular formula is C28H35F3N4O5S. The lowest BCUT2D eigenvalue weighted by Crippen LogP contribution is -2.47. The fourth-order valence-corrected chi connectivity index (χ4v) is 5.66. The molecule has 0 bridgehead atoms. The Morgan fingerprint density at radius 3 is 2.05 bits per heavy atom. The van der Waals surface area contributed by atoms with Gasteiger partial charge in [-0.2, -0.15) is 21.6 Å². The summed E-state index contributed by atoms with van der Waals surface area (Å²) in [6.45, 7) is 2.86. The first kappa shape index (κ1) is 30.8. The molecule has 2 fully saturated rings. The van der Waals surface area contributed by atoms with Crippen LogP contribution in [-0.2, 0) is 20.5 Å². The van der Waals surface area contributed by atoms with E-state index in [2.05, 4.69) is 4.90 Å². The lowest BCUT2D eigenvalue weighted by molar-refractivity contribution is -0.137. The average molecular weight is 597 g/mol. The minimum Gasteiger partial charge on any atom is -0.337 e. The molecule has 2 atom stereocenters. The SMILES string of the molecule is CN(C(=O)c1ccc(-c2ccc(C(F)(F)F)cc2)cc1)C1CCN(C(=O)N(C)C2CCN(CCOS(C)(=O)=O)C2)C1. The molecule has 2 aliphatic rings. The fourth-order valence-electron chi connectivity index (χ4n) is 5.29. The van der Waals surface area contributed by atoms with E-state index >= 15 is 0 Å². The van der Waals surface area contributed by atoms with Crippen LogP contribution < -0.4 is 0 Å². The summed E-state index contributed by atoms with van der Waals surface area (Å²) >= 11 is 0. The molecule has 9 nitrogen and oxygen atoms in total. The highest BCUT2D eigenvalue weighted by atomic mass is 32.2. The molecule has 0 aromatic heterocycles. The number of nitrogens with zero attached hydrogens (tertiary/aromatic N) is 4. The highest BCUT2D eigenvalue weighted by Crippen LogP contribution is 2.31. The molecule has 0 radical (unpaired) electrons. The van der Waals surface area contributed by atoms with E-state index in [0.29, 0.717) is 49.3 Å². The van der Waals surface area contributed by atoms with Crippen LogP contribution in [-0.4, -0.2) is 112 Å². The van der Waals surface area contributed by atoms with E-state index in [1.807, 2.05) is 0 Å². The molecule has 0 saturated carbocycles. The van der Waals surface area contributed by atoms with Gasteiger partial charge in [0.1, 0.15) is 0 Å². The van der Waals surface area contributed by atoms with Crippen LogP contribution in [0.3, 0.4) is 0 Å². The summed E-state index contributed by atoms with van der Waals surface area (Å²) in [5.74, 6) is -0.195. The summed E-state index contributed by atoms with van der Waals surface area (Å²) in [5.41, 5.74) is 1.06. The number of alkyl halides is 3. The maximum absolute atomic E-state index is 13.2. The third kappa shape index (κ3) is 7.77. The number of amides is 3. The van der Waals surface area contributed by atoms with Gasteiger partial charge >= 0.3 is 12.2 Å². The Kier molecular flexibility index (Phi) is 9.29. The molecule has 4 rings (SSSR count). The maximum atomic E-state index is 13.2. The molecule has 2 heterocycles. The van der Waals surface area contributed by atoms with Gasteiger partial charge < -0.3 is 14.7 Å². The van der Waals surface area contributed by atoms with Crippen molar-refractivity contribution in [2.24, 2.45) is 0 Å². The van der Waals surface area contributed by atoms with Crippen LogP contribution in [0.15, 0.2) is 48.5 Å². The van der Waals surface area contributed by atoms with Crippen LogP contribution in [0.25, 0.3) is 11.1 Å². The van der Waals surface area contributed by atoms with Crippen molar-refractivity contribution in [3.05, 3.63) is 59.7 Å². The van der Waals surface area contributed by atoms with E-state index < -0.39 is 21.9 Å². The molecule has 13 heteroatoms. The van der Waals surface area contributed by atoms with Crippen LogP contribution in [0.2, 0.25) is 0 Å². The van der Waals surface area contributed by atoms with Crippen molar-refractivity contribution < 1.29 is 35.4 Å². The lowest BCUT2D eigenvalue weighted by Gasteiger charge is -2.30. The number of benzene rings is 2. The summed E-state index contributed by atoms with van der Waals surface area (Å²) in [4.78, 5) is 33.6. The van der Waals surface area contributed by atoms with Crippen LogP contribution in [0.1, 0.15) is 28.8 Å². The van der Waals surface area contributed by atoms with Gasteiger partial charge in [0.05, 0.1) is 24.5 Å². The number of rotatable bonds is 8. The summed E-state index contributed by atoms with van der Waals surface area (Å²) in [6, 6.07) is 11.4. The normalized spacial score (nSPS) is 19.9. The monoisotopic (exact) mass is 596 g/mol. The Morgan fingerprint density at radius 1 is 0.902 bits per heavy atom. The largest absolute Gasteiger partial charge is 0.416 e. The number of carbonyl (C=O) groups is 2. The number of hydrogen-bond donors (Lipinski definition) is 0. The van der Waals surface area contributed by atoms with E-state index in [1.165, 1.54) is 12.1 Å². The number of halogens is 3. The Hall–Kier alpha value is -3.16. The summed E-state index contributed by atoms with van der Waals surface area (Å²) in [5, 5.41) is 0. The first-order valence-corrected chi connectivity index (χ1v) is 15.2. The molecular weight excluding hydrogens is 561 g/mol. The van der Waals surface area contributed by atoms with E-state index in [4.69, 9.17) is 4.18 Å². The number of hydrogen-bond acceptors (Lipinski definition) is 6. The van der Waals surface area contributed by atoms with Gasteiger partial charge in [-0.3, -0.25) is 13.9 Å². The van der Waals surface area contributed by atoms with E-state index in [-0.39, 0.29) is 30.6 Å². The first-order valence-electron chi connectivity index (χ1n) is 13.4. The predicted octanol–water partition coefficient (Wildman–Crippen LogP) is 3.62. The minimum absolute atomic E-state index is 0.00215. The quantitative estimate of drug-likeness (QED) is 0.433. The number of carbonyl (C=O) groups excluding carboxylic acids is 2. The van der Waals surface area contributed by atoms with Crippen molar-refractivity contribution in [1.82, 2.24) is 19.6 Å². The molecule has 0 N–H and O–H groups in total. The maximum Gasteiger partial charge on any atom is 0.416 e. The van der Waals surface area contributed by atoms with Gasteiger partial charge in [-0.25, -0.2) is 4.79 Å². The Balaban J connectivity index is 1.28. The molecule has 0 spiro atoms. The summed E-state index contributed by atoms with van der Waals surface area (Å²) < 4.78 is 65.7.